The first-order valence-electron chi connectivity index (χ1n) is 8.30. The van der Waals surface area contributed by atoms with Gasteiger partial charge < -0.3 is 10.6 Å². The van der Waals surface area contributed by atoms with Crippen LogP contribution in [0.1, 0.15) is 16.2 Å². The summed E-state index contributed by atoms with van der Waals surface area (Å²) in [6.07, 6.45) is 2.76. The van der Waals surface area contributed by atoms with E-state index in [1.54, 1.807) is 11.3 Å². The lowest BCUT2D eigenvalue weighted by molar-refractivity contribution is 0.370. The average Bonchev–Trinajstić information content (AvgIpc) is 3.22. The number of nitrogens with zero attached hydrogens (tertiary/aromatic N) is 4. The Bertz CT molecular complexity index is 891. The van der Waals surface area contributed by atoms with Crippen molar-refractivity contribution in [3.63, 3.8) is 0 Å². The molecule has 2 aromatic heterocycles. The Kier molecular flexibility index (Phi) is 5.80. The molecular weight excluding hydrogens is 360 g/mol. The molecule has 26 heavy (non-hydrogen) atoms. The Morgan fingerprint density at radius 3 is 2.85 bits per heavy atom. The first kappa shape index (κ1) is 18.7. The molecule has 6 nitrogen and oxygen atoms in total. The zero-order chi connectivity index (χ0) is 18.7. The highest BCUT2D eigenvalue weighted by molar-refractivity contribution is 7.13. The Hall–Kier alpha value is -2.10. The number of hydrogen-bond acceptors (Lipinski definition) is 5. The van der Waals surface area contributed by atoms with Gasteiger partial charge >= 0.3 is 5.69 Å². The molecule has 0 amide bonds. The van der Waals surface area contributed by atoms with E-state index in [2.05, 4.69) is 29.2 Å². The molecule has 0 radical (unpaired) electrons. The van der Waals surface area contributed by atoms with Crippen molar-refractivity contribution in [2.75, 3.05) is 26.7 Å². The molecule has 0 saturated heterocycles. The molecule has 1 aliphatic heterocycles. The molecule has 0 saturated carbocycles. The van der Waals surface area contributed by atoms with E-state index >= 15 is 0 Å². The van der Waals surface area contributed by atoms with Gasteiger partial charge in [0, 0.05) is 35.0 Å². The fourth-order valence-corrected chi connectivity index (χ4v) is 3.84. The number of likely N-dealkylation sites (N-methyl/N-ethyl adjacent to an activating group) is 1. The minimum absolute atomic E-state index is 0.287. The summed E-state index contributed by atoms with van der Waals surface area (Å²) in [5.41, 5.74) is 5.91. The van der Waals surface area contributed by atoms with Gasteiger partial charge in [0.05, 0.1) is 13.1 Å². The molecule has 3 heterocycles. The highest BCUT2D eigenvalue weighted by Crippen LogP contribution is 2.28. The molecule has 0 aliphatic carbocycles. The maximum atomic E-state index is 12.7. The number of nitrogens with two attached hydrogens (primary N) is 1. The Labute approximate surface area is 153 Å². The fourth-order valence-electron chi connectivity index (χ4n) is 2.77. The fraction of sp³-hybridized carbons (Fsp3) is 0.412. The standard InChI is InChI=1S/C17H21F2N5OS/c1-22-6-4-12(5-7-22)15-3-2-14(26-15)10-23-11-21-24(17(23)25)9-13(8-20)16(18)19/h2-4,11H,5-10,20H2,1H3. The number of hydrogen-bond donors (Lipinski definition) is 1. The van der Waals surface area contributed by atoms with Gasteiger partial charge in [0.2, 0.25) is 0 Å². The largest absolute Gasteiger partial charge is 0.346 e. The van der Waals surface area contributed by atoms with E-state index in [9.17, 15) is 13.6 Å². The van der Waals surface area contributed by atoms with Crippen molar-refractivity contribution in [2.24, 2.45) is 5.73 Å². The topological polar surface area (TPSA) is 69.1 Å². The molecule has 0 atom stereocenters. The highest BCUT2D eigenvalue weighted by Gasteiger charge is 2.14. The molecule has 0 bridgehead atoms. The van der Waals surface area contributed by atoms with E-state index in [1.807, 2.05) is 6.07 Å². The monoisotopic (exact) mass is 381 g/mol. The SMILES string of the molecule is CN1CC=C(c2ccc(Cn3cnn(CC(CN)=C(F)F)c3=O)s2)CC1. The molecule has 1 aliphatic rings. The molecule has 140 valence electrons. The smallest absolute Gasteiger partial charge is 0.327 e. The number of thiophene rings is 1. The van der Waals surface area contributed by atoms with Crippen molar-refractivity contribution in [1.29, 1.82) is 0 Å². The lowest BCUT2D eigenvalue weighted by Gasteiger charge is -2.21. The van der Waals surface area contributed by atoms with Gasteiger partial charge in [0.15, 0.2) is 0 Å². The van der Waals surface area contributed by atoms with E-state index in [4.69, 9.17) is 5.73 Å². The minimum Gasteiger partial charge on any atom is -0.327 e. The zero-order valence-corrected chi connectivity index (χ0v) is 15.3. The van der Waals surface area contributed by atoms with Gasteiger partial charge in [-0.3, -0.25) is 4.57 Å². The number of halogens is 2. The molecule has 0 fully saturated rings. The van der Waals surface area contributed by atoms with E-state index in [0.717, 1.165) is 29.1 Å². The van der Waals surface area contributed by atoms with Crippen molar-refractivity contribution in [3.05, 3.63) is 56.4 Å². The van der Waals surface area contributed by atoms with Gasteiger partial charge in [0.1, 0.15) is 6.33 Å². The third-order valence-corrected chi connectivity index (χ3v) is 5.51. The summed E-state index contributed by atoms with van der Waals surface area (Å²) in [4.78, 5) is 16.8. The van der Waals surface area contributed by atoms with Crippen molar-refractivity contribution in [1.82, 2.24) is 19.2 Å². The van der Waals surface area contributed by atoms with Crippen LogP contribution in [0.4, 0.5) is 8.78 Å². The van der Waals surface area contributed by atoms with Crippen LogP contribution in [-0.2, 0) is 13.1 Å². The second-order valence-electron chi connectivity index (χ2n) is 6.27. The maximum absolute atomic E-state index is 12.7. The highest BCUT2D eigenvalue weighted by atomic mass is 32.1. The molecule has 9 heteroatoms. The predicted molar refractivity (Wildman–Crippen MR) is 98.3 cm³/mol. The van der Waals surface area contributed by atoms with Crippen LogP contribution in [0.2, 0.25) is 0 Å². The molecular formula is C17H21F2N5OS. The Morgan fingerprint density at radius 2 is 2.19 bits per heavy atom. The lowest BCUT2D eigenvalue weighted by atomic mass is 10.1. The van der Waals surface area contributed by atoms with E-state index < -0.39 is 11.8 Å². The number of rotatable bonds is 6. The van der Waals surface area contributed by atoms with Gasteiger partial charge in [-0.15, -0.1) is 11.3 Å². The molecule has 0 unspecified atom stereocenters. The van der Waals surface area contributed by atoms with E-state index in [0.29, 0.717) is 6.54 Å². The minimum atomic E-state index is -1.86. The normalized spacial score (nSPS) is 15.2. The van der Waals surface area contributed by atoms with Crippen LogP contribution in [0.3, 0.4) is 0 Å². The predicted octanol–water partition coefficient (Wildman–Crippen LogP) is 1.98. The van der Waals surface area contributed by atoms with Gasteiger partial charge in [-0.1, -0.05) is 6.08 Å². The average molecular weight is 381 g/mol. The number of aromatic nitrogens is 3. The van der Waals surface area contributed by atoms with Crippen LogP contribution in [0, 0.1) is 0 Å². The summed E-state index contributed by atoms with van der Waals surface area (Å²) in [7, 11) is 2.09. The third kappa shape index (κ3) is 4.17. The van der Waals surface area contributed by atoms with Crippen LogP contribution in [0.25, 0.3) is 5.57 Å². The summed E-state index contributed by atoms with van der Waals surface area (Å²) >= 11 is 1.64. The van der Waals surface area contributed by atoms with Crippen LogP contribution in [0.5, 0.6) is 0 Å². The lowest BCUT2D eigenvalue weighted by Crippen LogP contribution is -2.27. The summed E-state index contributed by atoms with van der Waals surface area (Å²) in [5, 5.41) is 3.92. The van der Waals surface area contributed by atoms with Gasteiger partial charge in [0.25, 0.3) is 6.08 Å². The quantitative estimate of drug-likeness (QED) is 0.831. The molecule has 0 spiro atoms. The van der Waals surface area contributed by atoms with Crippen molar-refractivity contribution < 1.29 is 8.78 Å². The zero-order valence-electron chi connectivity index (χ0n) is 14.5. The second kappa shape index (κ2) is 8.07. The first-order chi connectivity index (χ1) is 12.5. The van der Waals surface area contributed by atoms with Crippen molar-refractivity contribution in [2.45, 2.75) is 19.5 Å². The second-order valence-corrected chi connectivity index (χ2v) is 7.44. The summed E-state index contributed by atoms with van der Waals surface area (Å²) < 4.78 is 27.9. The molecule has 2 N–H and O–H groups in total. The summed E-state index contributed by atoms with van der Waals surface area (Å²) in [6, 6.07) is 4.07. The van der Waals surface area contributed by atoms with Crippen molar-refractivity contribution >= 4 is 16.9 Å². The first-order valence-corrected chi connectivity index (χ1v) is 9.11. The Balaban J connectivity index is 1.73. The van der Waals surface area contributed by atoms with Gasteiger partial charge in [-0.05, 0) is 31.2 Å². The Morgan fingerprint density at radius 1 is 1.38 bits per heavy atom. The van der Waals surface area contributed by atoms with E-state index in [1.165, 1.54) is 21.3 Å². The van der Waals surface area contributed by atoms with Gasteiger partial charge in [-0.25, -0.2) is 9.48 Å². The molecule has 0 aromatic carbocycles. The van der Waals surface area contributed by atoms with Crippen LogP contribution in [0.15, 0.2) is 41.0 Å². The van der Waals surface area contributed by atoms with Crippen LogP contribution < -0.4 is 11.4 Å². The third-order valence-electron chi connectivity index (χ3n) is 4.37. The van der Waals surface area contributed by atoms with Crippen molar-refractivity contribution in [3.8, 4) is 0 Å². The van der Waals surface area contributed by atoms with Crippen LogP contribution in [-0.4, -0.2) is 45.9 Å². The van der Waals surface area contributed by atoms with Crippen LogP contribution >= 0.6 is 11.3 Å². The summed E-state index contributed by atoms with van der Waals surface area (Å²) in [6.45, 7) is 1.75. The van der Waals surface area contributed by atoms with E-state index in [-0.39, 0.29) is 18.7 Å². The molecule has 2 aromatic rings. The maximum Gasteiger partial charge on any atom is 0.346 e. The van der Waals surface area contributed by atoms with Gasteiger partial charge in [-0.2, -0.15) is 13.9 Å². The molecule has 3 rings (SSSR count). The summed E-state index contributed by atoms with van der Waals surface area (Å²) in [5.74, 6) is 0.